The molecule has 1 aromatic carbocycles. The van der Waals surface area contributed by atoms with E-state index in [0.717, 1.165) is 30.6 Å². The average Bonchev–Trinajstić information content (AvgIpc) is 3.17. The Morgan fingerprint density at radius 3 is 2.62 bits per heavy atom. The van der Waals surface area contributed by atoms with E-state index in [2.05, 4.69) is 22.1 Å². The second-order valence-corrected chi connectivity index (χ2v) is 8.02. The molecule has 1 fully saturated rings. The van der Waals surface area contributed by atoms with Crippen molar-refractivity contribution in [1.29, 1.82) is 0 Å². The second-order valence-electron chi connectivity index (χ2n) is 7.07. The molecule has 0 saturated carbocycles. The molecule has 0 aliphatic carbocycles. The van der Waals surface area contributed by atoms with Crippen LogP contribution < -0.4 is 0 Å². The summed E-state index contributed by atoms with van der Waals surface area (Å²) in [5, 5.41) is 9.25. The molecule has 0 radical (unpaired) electrons. The van der Waals surface area contributed by atoms with Gasteiger partial charge in [-0.1, -0.05) is 11.8 Å². The summed E-state index contributed by atoms with van der Waals surface area (Å²) in [6, 6.07) is 10.1. The van der Waals surface area contributed by atoms with Crippen molar-refractivity contribution in [2.24, 2.45) is 0 Å². The Kier molecular flexibility index (Phi) is 5.89. The van der Waals surface area contributed by atoms with Crippen LogP contribution in [0.2, 0.25) is 0 Å². The molecular formula is C21H22FN5OS. The van der Waals surface area contributed by atoms with E-state index in [9.17, 15) is 9.18 Å². The van der Waals surface area contributed by atoms with Gasteiger partial charge in [0.2, 0.25) is 5.91 Å². The maximum Gasteiger partial charge on any atom is 0.233 e. The van der Waals surface area contributed by atoms with E-state index in [1.807, 2.05) is 21.6 Å². The number of carbonyl (C=O) groups is 1. The molecule has 3 aromatic rings. The van der Waals surface area contributed by atoms with Gasteiger partial charge in [0.25, 0.3) is 0 Å². The number of amides is 1. The fourth-order valence-electron chi connectivity index (χ4n) is 3.55. The van der Waals surface area contributed by atoms with E-state index in [-0.39, 0.29) is 17.8 Å². The molecular weight excluding hydrogens is 389 g/mol. The number of pyridine rings is 1. The van der Waals surface area contributed by atoms with Gasteiger partial charge < -0.3 is 4.90 Å². The van der Waals surface area contributed by atoms with E-state index in [4.69, 9.17) is 0 Å². The van der Waals surface area contributed by atoms with E-state index < -0.39 is 0 Å². The molecule has 0 unspecified atom stereocenters. The van der Waals surface area contributed by atoms with Gasteiger partial charge in [-0.25, -0.2) is 4.39 Å². The van der Waals surface area contributed by atoms with Gasteiger partial charge in [0.1, 0.15) is 5.82 Å². The molecule has 0 N–H and O–H groups in total. The SMILES string of the molecule is C[C@H]1CCCCN1C(=O)CSc1nnc(-c2ccncc2)n1-c1ccc(F)cc1. The number of nitrogens with zero attached hydrogens (tertiary/aromatic N) is 5. The monoisotopic (exact) mass is 411 g/mol. The van der Waals surface area contributed by atoms with Gasteiger partial charge in [0, 0.05) is 36.2 Å². The first-order valence-corrected chi connectivity index (χ1v) is 10.7. The molecule has 1 atom stereocenters. The zero-order valence-electron chi connectivity index (χ0n) is 16.2. The molecule has 2 aromatic heterocycles. The molecule has 150 valence electrons. The third-order valence-electron chi connectivity index (χ3n) is 5.10. The lowest BCUT2D eigenvalue weighted by Crippen LogP contribution is -2.42. The first-order chi connectivity index (χ1) is 14.1. The summed E-state index contributed by atoms with van der Waals surface area (Å²) in [6.07, 6.45) is 6.65. The summed E-state index contributed by atoms with van der Waals surface area (Å²) >= 11 is 1.35. The van der Waals surface area contributed by atoms with Gasteiger partial charge in [0.05, 0.1) is 5.75 Å². The van der Waals surface area contributed by atoms with Crippen LogP contribution in [-0.2, 0) is 4.79 Å². The van der Waals surface area contributed by atoms with Crippen LogP contribution in [0.1, 0.15) is 26.2 Å². The van der Waals surface area contributed by atoms with Gasteiger partial charge in [-0.2, -0.15) is 0 Å². The van der Waals surface area contributed by atoms with Crippen LogP contribution in [0.25, 0.3) is 17.1 Å². The number of aromatic nitrogens is 4. The summed E-state index contributed by atoms with van der Waals surface area (Å²) in [5.41, 5.74) is 1.59. The summed E-state index contributed by atoms with van der Waals surface area (Å²) < 4.78 is 15.3. The third-order valence-corrected chi connectivity index (χ3v) is 6.02. The Hall–Kier alpha value is -2.74. The Morgan fingerprint density at radius 2 is 1.90 bits per heavy atom. The number of rotatable bonds is 5. The van der Waals surface area contributed by atoms with Crippen LogP contribution in [-0.4, -0.2) is 48.9 Å². The fraction of sp³-hybridized carbons (Fsp3) is 0.333. The molecule has 1 aliphatic heterocycles. The molecule has 0 spiro atoms. The predicted octanol–water partition coefficient (Wildman–Crippen LogP) is 3.96. The van der Waals surface area contributed by atoms with Gasteiger partial charge in [0.15, 0.2) is 11.0 Å². The first-order valence-electron chi connectivity index (χ1n) is 9.67. The molecule has 0 bridgehead atoms. The van der Waals surface area contributed by atoms with Crippen molar-refractivity contribution in [3.05, 3.63) is 54.6 Å². The zero-order valence-corrected chi connectivity index (χ0v) is 17.0. The van der Waals surface area contributed by atoms with Gasteiger partial charge in [-0.15, -0.1) is 10.2 Å². The second kappa shape index (κ2) is 8.73. The molecule has 6 nitrogen and oxygen atoms in total. The number of hydrogen-bond donors (Lipinski definition) is 0. The Morgan fingerprint density at radius 1 is 1.14 bits per heavy atom. The zero-order chi connectivity index (χ0) is 20.2. The molecule has 3 heterocycles. The summed E-state index contributed by atoms with van der Waals surface area (Å²) in [6.45, 7) is 2.91. The van der Waals surface area contributed by atoms with E-state index in [1.165, 1.54) is 30.3 Å². The maximum atomic E-state index is 13.4. The number of likely N-dealkylation sites (tertiary alicyclic amines) is 1. The Balaban J connectivity index is 1.62. The van der Waals surface area contributed by atoms with Crippen molar-refractivity contribution < 1.29 is 9.18 Å². The number of halogens is 1. The lowest BCUT2D eigenvalue weighted by Gasteiger charge is -2.33. The minimum absolute atomic E-state index is 0.112. The quantitative estimate of drug-likeness (QED) is 0.595. The fourth-order valence-corrected chi connectivity index (χ4v) is 4.39. The van der Waals surface area contributed by atoms with Gasteiger partial charge in [-0.05, 0) is 62.6 Å². The van der Waals surface area contributed by atoms with Crippen molar-refractivity contribution >= 4 is 17.7 Å². The highest BCUT2D eigenvalue weighted by atomic mass is 32.2. The number of benzene rings is 1. The third kappa shape index (κ3) is 4.32. The van der Waals surface area contributed by atoms with E-state index >= 15 is 0 Å². The first kappa shape index (κ1) is 19.6. The number of thioether (sulfide) groups is 1. The molecule has 4 rings (SSSR count). The summed E-state index contributed by atoms with van der Waals surface area (Å²) in [7, 11) is 0. The largest absolute Gasteiger partial charge is 0.339 e. The number of carbonyl (C=O) groups excluding carboxylic acids is 1. The Labute approximate surface area is 173 Å². The van der Waals surface area contributed by atoms with Crippen LogP contribution in [0.4, 0.5) is 4.39 Å². The van der Waals surface area contributed by atoms with E-state index in [0.29, 0.717) is 16.7 Å². The molecule has 1 amide bonds. The normalized spacial score (nSPS) is 16.8. The molecule has 1 aliphatic rings. The topological polar surface area (TPSA) is 63.9 Å². The van der Waals surface area contributed by atoms with Crippen LogP contribution in [0.5, 0.6) is 0 Å². The summed E-state index contributed by atoms with van der Waals surface area (Å²) in [4.78, 5) is 18.7. The molecule has 29 heavy (non-hydrogen) atoms. The average molecular weight is 412 g/mol. The van der Waals surface area contributed by atoms with Crippen LogP contribution in [0.3, 0.4) is 0 Å². The van der Waals surface area contributed by atoms with Gasteiger partial charge in [-0.3, -0.25) is 14.3 Å². The van der Waals surface area contributed by atoms with Crippen LogP contribution in [0.15, 0.2) is 53.9 Å². The standard InChI is InChI=1S/C21H22FN5OS/c1-15-4-2-3-13-26(15)19(28)14-29-21-25-24-20(16-9-11-23-12-10-16)27(21)18-7-5-17(22)6-8-18/h5-12,15H,2-4,13-14H2,1H3/t15-/m0/s1. The molecule has 1 saturated heterocycles. The van der Waals surface area contributed by atoms with Crippen molar-refractivity contribution in [2.45, 2.75) is 37.4 Å². The maximum absolute atomic E-state index is 13.4. The van der Waals surface area contributed by atoms with Crippen molar-refractivity contribution in [3.63, 3.8) is 0 Å². The smallest absolute Gasteiger partial charge is 0.233 e. The lowest BCUT2D eigenvalue weighted by molar-refractivity contribution is -0.131. The van der Waals surface area contributed by atoms with Crippen LogP contribution in [0, 0.1) is 5.82 Å². The highest BCUT2D eigenvalue weighted by Gasteiger charge is 2.24. The van der Waals surface area contributed by atoms with Gasteiger partial charge >= 0.3 is 0 Å². The van der Waals surface area contributed by atoms with Crippen molar-refractivity contribution in [3.8, 4) is 17.1 Å². The minimum Gasteiger partial charge on any atom is -0.339 e. The Bertz CT molecular complexity index is 976. The van der Waals surface area contributed by atoms with E-state index in [1.54, 1.807) is 24.5 Å². The van der Waals surface area contributed by atoms with Crippen molar-refractivity contribution in [2.75, 3.05) is 12.3 Å². The minimum atomic E-state index is -0.309. The highest BCUT2D eigenvalue weighted by molar-refractivity contribution is 7.99. The number of hydrogen-bond acceptors (Lipinski definition) is 5. The lowest BCUT2D eigenvalue weighted by atomic mass is 10.0. The molecule has 8 heteroatoms. The number of piperidine rings is 1. The summed E-state index contributed by atoms with van der Waals surface area (Å²) in [5.74, 6) is 0.720. The predicted molar refractivity (Wildman–Crippen MR) is 110 cm³/mol. The highest BCUT2D eigenvalue weighted by Crippen LogP contribution is 2.28. The van der Waals surface area contributed by atoms with Crippen LogP contribution >= 0.6 is 11.8 Å². The van der Waals surface area contributed by atoms with Crippen molar-refractivity contribution in [1.82, 2.24) is 24.6 Å².